The molecule has 0 N–H and O–H groups in total. The number of hydrogen-bond donors (Lipinski definition) is 0. The van der Waals surface area contributed by atoms with Crippen molar-refractivity contribution in [3.63, 3.8) is 0 Å². The molecule has 0 radical (unpaired) electrons. The van der Waals surface area contributed by atoms with Crippen molar-refractivity contribution in [1.29, 1.82) is 0 Å². The van der Waals surface area contributed by atoms with Gasteiger partial charge in [-0.15, -0.1) is 0 Å². The number of nitrogens with zero attached hydrogens (tertiary/aromatic N) is 1. The van der Waals surface area contributed by atoms with Gasteiger partial charge >= 0.3 is 5.97 Å². The molecular weight excluding hydrogens is 261 g/mol. The summed E-state index contributed by atoms with van der Waals surface area (Å²) in [4.78, 5) is 15.1. The smallest absolute Gasteiger partial charge is 0.313 e. The SMILES string of the molecule is CCC=NOC(=O)c1c(F)c(F)c(F)c(F)c1F. The maximum Gasteiger partial charge on any atom is 0.371 e. The molecule has 1 aromatic rings. The lowest BCUT2D eigenvalue weighted by Crippen LogP contribution is -2.13. The van der Waals surface area contributed by atoms with Crippen LogP contribution < -0.4 is 0 Å². The Morgan fingerprint density at radius 3 is 1.94 bits per heavy atom. The molecule has 0 aliphatic rings. The monoisotopic (exact) mass is 267 g/mol. The van der Waals surface area contributed by atoms with Crippen molar-refractivity contribution in [2.45, 2.75) is 13.3 Å². The summed E-state index contributed by atoms with van der Waals surface area (Å²) in [5.74, 6) is -13.1. The summed E-state index contributed by atoms with van der Waals surface area (Å²) in [6.45, 7) is 1.62. The molecule has 1 aromatic carbocycles. The van der Waals surface area contributed by atoms with E-state index in [4.69, 9.17) is 0 Å². The third-order valence-corrected chi connectivity index (χ3v) is 1.81. The van der Waals surface area contributed by atoms with Gasteiger partial charge in [0.15, 0.2) is 23.3 Å². The lowest BCUT2D eigenvalue weighted by molar-refractivity contribution is 0.0503. The second-order valence-electron chi connectivity index (χ2n) is 3.02. The summed E-state index contributed by atoms with van der Waals surface area (Å²) in [6, 6.07) is 0. The quantitative estimate of drug-likeness (QED) is 0.211. The molecule has 0 amide bonds. The lowest BCUT2D eigenvalue weighted by atomic mass is 10.1. The third-order valence-electron chi connectivity index (χ3n) is 1.81. The lowest BCUT2D eigenvalue weighted by Gasteiger charge is -2.05. The van der Waals surface area contributed by atoms with Crippen molar-refractivity contribution in [3.8, 4) is 0 Å². The van der Waals surface area contributed by atoms with Gasteiger partial charge in [-0.25, -0.2) is 26.7 Å². The van der Waals surface area contributed by atoms with Crippen LogP contribution in [0.3, 0.4) is 0 Å². The van der Waals surface area contributed by atoms with Crippen molar-refractivity contribution < 1.29 is 31.6 Å². The third kappa shape index (κ3) is 2.47. The Morgan fingerprint density at radius 1 is 1.06 bits per heavy atom. The van der Waals surface area contributed by atoms with E-state index in [9.17, 15) is 26.7 Å². The van der Waals surface area contributed by atoms with E-state index in [2.05, 4.69) is 9.99 Å². The first-order valence-electron chi connectivity index (χ1n) is 4.66. The van der Waals surface area contributed by atoms with E-state index in [1.54, 1.807) is 6.92 Å². The van der Waals surface area contributed by atoms with Crippen molar-refractivity contribution in [2.75, 3.05) is 0 Å². The van der Waals surface area contributed by atoms with E-state index in [1.807, 2.05) is 0 Å². The molecule has 0 aliphatic heterocycles. The van der Waals surface area contributed by atoms with Gasteiger partial charge in [-0.3, -0.25) is 0 Å². The fraction of sp³-hybridized carbons (Fsp3) is 0.200. The molecule has 98 valence electrons. The summed E-state index contributed by atoms with van der Waals surface area (Å²) in [7, 11) is 0. The Balaban J connectivity index is 3.25. The van der Waals surface area contributed by atoms with Crippen molar-refractivity contribution in [2.24, 2.45) is 5.16 Å². The average Bonchev–Trinajstić information content (AvgIpc) is 2.34. The first kappa shape index (κ1) is 14.1. The molecule has 0 aromatic heterocycles. The van der Waals surface area contributed by atoms with E-state index in [0.717, 1.165) is 6.21 Å². The number of hydrogen-bond acceptors (Lipinski definition) is 3. The molecule has 0 saturated heterocycles. The zero-order chi connectivity index (χ0) is 13.9. The molecule has 8 heteroatoms. The molecule has 1 rings (SSSR count). The first-order valence-corrected chi connectivity index (χ1v) is 4.66. The maximum atomic E-state index is 13.1. The van der Waals surface area contributed by atoms with E-state index in [-0.39, 0.29) is 0 Å². The minimum Gasteiger partial charge on any atom is -0.313 e. The first-order chi connectivity index (χ1) is 8.41. The molecular formula is C10H6F5NO2. The van der Waals surface area contributed by atoms with E-state index >= 15 is 0 Å². The summed E-state index contributed by atoms with van der Waals surface area (Å²) in [6.07, 6.45) is 1.42. The Labute approximate surface area is 97.8 Å². The van der Waals surface area contributed by atoms with Gasteiger partial charge in [0.05, 0.1) is 0 Å². The van der Waals surface area contributed by atoms with Crippen LogP contribution in [0.25, 0.3) is 0 Å². The van der Waals surface area contributed by atoms with Crippen LogP contribution in [0, 0.1) is 29.1 Å². The highest BCUT2D eigenvalue weighted by Crippen LogP contribution is 2.23. The van der Waals surface area contributed by atoms with Crippen molar-refractivity contribution in [3.05, 3.63) is 34.6 Å². The number of halogens is 5. The highest BCUT2D eigenvalue weighted by Gasteiger charge is 2.30. The molecule has 0 aliphatic carbocycles. The van der Waals surface area contributed by atoms with Crippen LogP contribution in [0.4, 0.5) is 22.0 Å². The summed E-state index contributed by atoms with van der Waals surface area (Å²) >= 11 is 0. The van der Waals surface area contributed by atoms with Crippen LogP contribution in [0.5, 0.6) is 0 Å². The van der Waals surface area contributed by atoms with Crippen LogP contribution >= 0.6 is 0 Å². The Bertz CT molecular complexity index is 486. The maximum absolute atomic E-state index is 13.1. The van der Waals surface area contributed by atoms with E-state index in [1.165, 1.54) is 0 Å². The predicted molar refractivity (Wildman–Crippen MR) is 50.4 cm³/mol. The molecule has 0 fully saturated rings. The van der Waals surface area contributed by atoms with Gasteiger partial charge < -0.3 is 4.84 Å². The number of benzene rings is 1. The van der Waals surface area contributed by atoms with Gasteiger partial charge in [-0.2, -0.15) is 0 Å². The summed E-state index contributed by atoms with van der Waals surface area (Å²) < 4.78 is 64.3. The molecule has 3 nitrogen and oxygen atoms in total. The number of carbonyl (C=O) groups excluding carboxylic acids is 1. The topological polar surface area (TPSA) is 38.7 Å². The van der Waals surface area contributed by atoms with E-state index < -0.39 is 40.6 Å². The Kier molecular flexibility index (Phi) is 4.35. The van der Waals surface area contributed by atoms with Crippen LogP contribution in [0.2, 0.25) is 0 Å². The highest BCUT2D eigenvalue weighted by atomic mass is 19.2. The van der Waals surface area contributed by atoms with Crippen LogP contribution in [0.15, 0.2) is 5.16 Å². The standard InChI is InChI=1S/C10H6F5NO2/c1-2-3-16-18-10(17)4-5(11)7(13)9(15)8(14)6(4)12/h3H,2H2,1H3. The highest BCUT2D eigenvalue weighted by molar-refractivity contribution is 5.90. The second kappa shape index (κ2) is 5.56. The Hall–Kier alpha value is -1.99. The van der Waals surface area contributed by atoms with Gasteiger partial charge in [0.25, 0.3) is 0 Å². The van der Waals surface area contributed by atoms with Crippen LogP contribution in [0.1, 0.15) is 23.7 Å². The molecule has 0 spiro atoms. The fourth-order valence-electron chi connectivity index (χ4n) is 0.989. The fourth-order valence-corrected chi connectivity index (χ4v) is 0.989. The number of rotatable bonds is 3. The molecule has 0 unspecified atom stereocenters. The molecule has 0 saturated carbocycles. The Morgan fingerprint density at radius 2 is 1.50 bits per heavy atom. The molecule has 0 heterocycles. The average molecular weight is 267 g/mol. The normalized spacial score (nSPS) is 11.0. The van der Waals surface area contributed by atoms with Crippen LogP contribution in [-0.4, -0.2) is 12.2 Å². The van der Waals surface area contributed by atoms with Gasteiger partial charge in [0, 0.05) is 6.21 Å². The van der Waals surface area contributed by atoms with Gasteiger partial charge in [0.2, 0.25) is 5.82 Å². The van der Waals surface area contributed by atoms with Gasteiger partial charge in [-0.05, 0) is 6.42 Å². The van der Waals surface area contributed by atoms with Crippen molar-refractivity contribution in [1.82, 2.24) is 0 Å². The number of carbonyl (C=O) groups is 1. The van der Waals surface area contributed by atoms with Gasteiger partial charge in [-0.1, -0.05) is 12.1 Å². The summed E-state index contributed by atoms with van der Waals surface area (Å²) in [5, 5.41) is 2.98. The zero-order valence-corrected chi connectivity index (χ0v) is 8.94. The minimum absolute atomic E-state index is 0.352. The zero-order valence-electron chi connectivity index (χ0n) is 8.94. The van der Waals surface area contributed by atoms with E-state index in [0.29, 0.717) is 6.42 Å². The molecule has 18 heavy (non-hydrogen) atoms. The van der Waals surface area contributed by atoms with Gasteiger partial charge in [0.1, 0.15) is 5.56 Å². The second-order valence-corrected chi connectivity index (χ2v) is 3.02. The summed E-state index contributed by atoms with van der Waals surface area (Å²) in [5.41, 5.74) is -1.68. The largest absolute Gasteiger partial charge is 0.371 e. The van der Waals surface area contributed by atoms with Crippen molar-refractivity contribution >= 4 is 12.2 Å². The molecule has 0 atom stereocenters. The molecule has 0 bridgehead atoms. The predicted octanol–water partition coefficient (Wildman–Crippen LogP) is 2.93. The van der Waals surface area contributed by atoms with Crippen LogP contribution in [-0.2, 0) is 4.84 Å². The minimum atomic E-state index is -2.35. The number of oxime groups is 1.